The van der Waals surface area contributed by atoms with E-state index in [2.05, 4.69) is 0 Å². The fraction of sp³-hybridized carbons (Fsp3) is 0. The number of hydrogen-bond acceptors (Lipinski definition) is 0. The van der Waals surface area contributed by atoms with Crippen molar-refractivity contribution >= 4 is 37.3 Å². The molecule has 0 N–H and O–H groups in total. The molecule has 1 aromatic heterocycles. The fourth-order valence-electron chi connectivity index (χ4n) is 4.00. The van der Waals surface area contributed by atoms with Crippen LogP contribution in [0.1, 0.15) is 22.5 Å². The Hall–Kier alpha value is -4.18. The Morgan fingerprint density at radius 3 is 1.94 bits per heavy atom. The summed E-state index contributed by atoms with van der Waals surface area (Å²) >= 11 is 0. The summed E-state index contributed by atoms with van der Waals surface area (Å²) in [6.45, 7) is 0. The maximum absolute atomic E-state index is 15.7. The molecule has 33 heavy (non-hydrogen) atoms. The molecule has 2 aromatic carbocycles. The summed E-state index contributed by atoms with van der Waals surface area (Å²) < 4.78 is 19.1. The van der Waals surface area contributed by atoms with E-state index in [0.29, 0.717) is 0 Å². The van der Waals surface area contributed by atoms with Gasteiger partial charge in [-0.15, -0.1) is 0 Å². The summed E-state index contributed by atoms with van der Waals surface area (Å²) in [6, 6.07) is 24.1. The number of fused-ring (bicyclic) bond motifs is 2. The van der Waals surface area contributed by atoms with Gasteiger partial charge in [-0.2, -0.15) is 0 Å². The topological polar surface area (TPSA) is 7.94 Å². The second-order valence-electron chi connectivity index (χ2n) is 7.82. The molecular weight excluding hydrogens is 406 g/mol. The number of halogens is 1. The predicted molar refractivity (Wildman–Crippen MR) is 138 cm³/mol. The minimum absolute atomic E-state index is 0.824. The number of benzene rings is 2. The van der Waals surface area contributed by atoms with Gasteiger partial charge in [0.1, 0.15) is 0 Å². The second-order valence-corrected chi connectivity index (χ2v) is 7.82. The number of aromatic nitrogens is 1. The van der Waals surface area contributed by atoms with E-state index in [1.165, 1.54) is 0 Å². The van der Waals surface area contributed by atoms with Gasteiger partial charge in [0.25, 0.3) is 0 Å². The Kier molecular flexibility index (Phi) is 5.98. The van der Waals surface area contributed by atoms with Crippen molar-refractivity contribution in [1.82, 2.24) is 4.48 Å². The molecule has 0 spiro atoms. The Labute approximate surface area is 194 Å². The van der Waals surface area contributed by atoms with Crippen LogP contribution >= 0.6 is 0 Å². The van der Waals surface area contributed by atoms with Crippen LogP contribution in [0, 0.1) is 0 Å². The Morgan fingerprint density at radius 2 is 1.27 bits per heavy atom. The van der Waals surface area contributed by atoms with Gasteiger partial charge in [0.2, 0.25) is 0 Å². The SMILES string of the molecule is FB1n2c(ccc2/C=C/C=C/c2ccccc2)C=C2C=CC(/C=C/C=C/c3ccccc3)=[N+]12. The molecule has 0 aliphatic carbocycles. The molecule has 2 aliphatic rings. The number of hydrogen-bond donors (Lipinski definition) is 0. The lowest BCUT2D eigenvalue weighted by molar-refractivity contribution is -0.333. The van der Waals surface area contributed by atoms with Crippen molar-refractivity contribution in [2.24, 2.45) is 0 Å². The van der Waals surface area contributed by atoms with E-state index in [4.69, 9.17) is 0 Å². The van der Waals surface area contributed by atoms with Crippen LogP contribution in [0.25, 0.3) is 24.3 Å². The van der Waals surface area contributed by atoms with Crippen molar-refractivity contribution in [2.75, 3.05) is 0 Å². The van der Waals surface area contributed by atoms with Crippen molar-refractivity contribution in [3.8, 4) is 0 Å². The molecule has 2 aliphatic heterocycles. The van der Waals surface area contributed by atoms with Gasteiger partial charge >= 0.3 is 7.26 Å². The van der Waals surface area contributed by atoms with Gasteiger partial charge in [0.15, 0.2) is 11.4 Å². The molecule has 5 rings (SSSR count). The Balaban J connectivity index is 1.36. The molecule has 2 nitrogen and oxygen atoms in total. The van der Waals surface area contributed by atoms with E-state index in [1.807, 2.05) is 140 Å². The third kappa shape index (κ3) is 4.56. The van der Waals surface area contributed by atoms with Gasteiger partial charge in [0, 0.05) is 35.7 Å². The van der Waals surface area contributed by atoms with Gasteiger partial charge in [-0.25, -0.2) is 8.80 Å². The monoisotopic (exact) mass is 429 g/mol. The van der Waals surface area contributed by atoms with Gasteiger partial charge in [-0.1, -0.05) is 97.1 Å². The minimum atomic E-state index is -1.31. The maximum Gasteiger partial charge on any atom is 0.846 e. The molecule has 4 heteroatoms. The molecule has 0 atom stereocenters. The van der Waals surface area contributed by atoms with E-state index >= 15 is 4.32 Å². The zero-order valence-corrected chi connectivity index (χ0v) is 18.1. The first-order valence-corrected chi connectivity index (χ1v) is 11.0. The Bertz CT molecular complexity index is 1350. The molecule has 0 amide bonds. The highest BCUT2D eigenvalue weighted by atomic mass is 19.1. The molecule has 0 saturated carbocycles. The second kappa shape index (κ2) is 9.53. The van der Waals surface area contributed by atoms with Crippen LogP contribution in [0.15, 0.2) is 121 Å². The number of allylic oxidation sites excluding steroid dienone is 7. The number of nitrogens with zero attached hydrogens (tertiary/aromatic N) is 2. The summed E-state index contributed by atoms with van der Waals surface area (Å²) in [5, 5.41) is 0. The fourth-order valence-corrected chi connectivity index (χ4v) is 4.00. The summed E-state index contributed by atoms with van der Waals surface area (Å²) in [7, 11) is -1.31. The molecule has 0 saturated heterocycles. The lowest BCUT2D eigenvalue weighted by Gasteiger charge is -2.13. The maximum atomic E-state index is 15.7. The molecule has 158 valence electrons. The summed E-state index contributed by atoms with van der Waals surface area (Å²) in [5.41, 5.74) is 5.63. The lowest BCUT2D eigenvalue weighted by atomic mass is 9.97. The van der Waals surface area contributed by atoms with E-state index in [1.54, 1.807) is 8.96 Å². The molecular formula is C29H23BFN2+. The van der Waals surface area contributed by atoms with Crippen molar-refractivity contribution in [1.29, 1.82) is 0 Å². The van der Waals surface area contributed by atoms with E-state index < -0.39 is 7.26 Å². The zero-order chi connectivity index (χ0) is 22.5. The smallest absolute Gasteiger partial charge is 0.287 e. The van der Waals surface area contributed by atoms with Crippen LogP contribution in [0.2, 0.25) is 0 Å². The van der Waals surface area contributed by atoms with E-state index in [9.17, 15) is 0 Å². The zero-order valence-electron chi connectivity index (χ0n) is 18.1. The first kappa shape index (κ1) is 20.7. The molecule has 0 unspecified atom stereocenters. The molecule has 0 fully saturated rings. The average Bonchev–Trinajstić information content (AvgIpc) is 3.45. The minimum Gasteiger partial charge on any atom is -0.287 e. The normalized spacial score (nSPS) is 15.4. The number of rotatable bonds is 6. The Morgan fingerprint density at radius 1 is 0.667 bits per heavy atom. The summed E-state index contributed by atoms with van der Waals surface area (Å²) in [6.07, 6.45) is 21.7. The van der Waals surface area contributed by atoms with E-state index in [0.717, 1.165) is 33.9 Å². The van der Waals surface area contributed by atoms with Gasteiger partial charge < -0.3 is 0 Å². The first-order chi connectivity index (χ1) is 16.3. The van der Waals surface area contributed by atoms with Crippen LogP contribution in [0.3, 0.4) is 0 Å². The highest BCUT2D eigenvalue weighted by molar-refractivity contribution is 6.43. The van der Waals surface area contributed by atoms with Gasteiger partial charge in [-0.3, -0.25) is 4.48 Å². The molecule has 3 heterocycles. The third-order valence-corrected chi connectivity index (χ3v) is 5.62. The predicted octanol–water partition coefficient (Wildman–Crippen LogP) is 6.66. The summed E-state index contributed by atoms with van der Waals surface area (Å²) in [4.78, 5) is 0. The van der Waals surface area contributed by atoms with Crippen molar-refractivity contribution in [3.05, 3.63) is 144 Å². The van der Waals surface area contributed by atoms with Gasteiger partial charge in [0.05, 0.1) is 0 Å². The van der Waals surface area contributed by atoms with Crippen LogP contribution < -0.4 is 0 Å². The van der Waals surface area contributed by atoms with Gasteiger partial charge in [-0.05, 0) is 29.3 Å². The van der Waals surface area contributed by atoms with Crippen LogP contribution in [-0.2, 0) is 0 Å². The van der Waals surface area contributed by atoms with E-state index in [-0.39, 0.29) is 0 Å². The highest BCUT2D eigenvalue weighted by Crippen LogP contribution is 2.26. The van der Waals surface area contributed by atoms with Crippen molar-refractivity contribution in [2.45, 2.75) is 0 Å². The molecule has 0 radical (unpaired) electrons. The van der Waals surface area contributed by atoms with Crippen molar-refractivity contribution in [3.63, 3.8) is 0 Å². The standard InChI is InChI=1S/C29H23BFN2/c31-30-32-26(17-9-7-15-24-11-3-1-4-12-24)19-21-28(32)23-29-22-20-27(33(29)30)18-10-8-16-25-13-5-2-6-14-25/h1-23H/q+1/b15-7+,16-8+,17-9+,18-10+. The van der Waals surface area contributed by atoms with Crippen LogP contribution in [0.5, 0.6) is 0 Å². The largest absolute Gasteiger partial charge is 0.846 e. The highest BCUT2D eigenvalue weighted by Gasteiger charge is 2.46. The average molecular weight is 429 g/mol. The molecule has 0 bridgehead atoms. The molecule has 3 aromatic rings. The van der Waals surface area contributed by atoms with Crippen LogP contribution in [0.4, 0.5) is 4.32 Å². The van der Waals surface area contributed by atoms with Crippen LogP contribution in [-0.4, -0.2) is 21.9 Å². The summed E-state index contributed by atoms with van der Waals surface area (Å²) in [5.74, 6) is 0. The first-order valence-electron chi connectivity index (χ1n) is 11.0. The lowest BCUT2D eigenvalue weighted by Crippen LogP contribution is -2.39. The third-order valence-electron chi connectivity index (χ3n) is 5.62. The van der Waals surface area contributed by atoms with Crippen molar-refractivity contribution < 1.29 is 8.80 Å². The quantitative estimate of drug-likeness (QED) is 0.306.